The fourth-order valence-electron chi connectivity index (χ4n) is 9.61. The molecule has 0 radical (unpaired) electrons. The van der Waals surface area contributed by atoms with Gasteiger partial charge in [0.25, 0.3) is 0 Å². The van der Waals surface area contributed by atoms with Crippen LogP contribution in [0.1, 0.15) is 0 Å². The van der Waals surface area contributed by atoms with Crippen LogP contribution in [-0.4, -0.2) is 19.5 Å². The Morgan fingerprint density at radius 1 is 0.409 bits per heavy atom. The second-order valence-electron chi connectivity index (χ2n) is 16.4. The Morgan fingerprint density at radius 3 is 1.74 bits per heavy atom. The number of aromatic nitrogens is 4. The molecule has 66 heavy (non-hydrogen) atoms. The Hall–Kier alpha value is -8.16. The smallest absolute Gasteiger partial charge is 0.278 e. The Labute approximate surface area is 384 Å². The highest BCUT2D eigenvalue weighted by Crippen LogP contribution is 2.70. The summed E-state index contributed by atoms with van der Waals surface area (Å²) in [7, 11) is -3.51. The number of rotatable bonds is 7. The number of thiophene rings is 1. The topological polar surface area (TPSA) is 67.2 Å². The first-order valence-electron chi connectivity index (χ1n) is 21.9. The van der Waals surface area contributed by atoms with E-state index in [1.807, 2.05) is 114 Å². The van der Waals surface area contributed by atoms with Gasteiger partial charge in [0.1, 0.15) is 0 Å². The quantitative estimate of drug-likeness (QED) is 0.149. The van der Waals surface area contributed by atoms with Gasteiger partial charge in [0.15, 0.2) is 11.6 Å². The molecule has 0 saturated carbocycles. The highest BCUT2D eigenvalue weighted by Gasteiger charge is 2.49. The molecule has 9 aromatic carbocycles. The first-order chi connectivity index (χ1) is 32.6. The minimum Gasteiger partial charge on any atom is -0.278 e. The third-order valence-corrected chi connectivity index (χ3v) is 16.7. The second-order valence-corrected chi connectivity index (χ2v) is 19.8. The number of para-hydroxylation sites is 3. The molecule has 0 amide bonds. The molecular weight excluding hydrogens is 848 g/mol. The maximum Gasteiger partial charge on any atom is 0.301 e. The van der Waals surface area contributed by atoms with Gasteiger partial charge in [-0.3, -0.25) is 18.5 Å². The van der Waals surface area contributed by atoms with E-state index in [-0.39, 0.29) is 0 Å². The fourth-order valence-corrected chi connectivity index (χ4v) is 13.8. The van der Waals surface area contributed by atoms with Crippen LogP contribution < -0.4 is 14.6 Å². The van der Waals surface area contributed by atoms with Gasteiger partial charge in [0.2, 0.25) is 5.95 Å². The zero-order valence-electron chi connectivity index (χ0n) is 35.3. The van der Waals surface area contributed by atoms with Crippen molar-refractivity contribution in [3.05, 3.63) is 224 Å². The summed E-state index contributed by atoms with van der Waals surface area (Å²) in [5, 5.41) is 5.32. The van der Waals surface area contributed by atoms with Crippen molar-refractivity contribution in [3.63, 3.8) is 0 Å². The van der Waals surface area contributed by atoms with Crippen molar-refractivity contribution in [2.24, 2.45) is 0 Å². The summed E-state index contributed by atoms with van der Waals surface area (Å²) in [5.74, 6) is 1.77. The molecule has 9 heteroatoms. The van der Waals surface area contributed by atoms with Gasteiger partial charge >= 0.3 is 7.44 Å². The number of benzene rings is 9. The van der Waals surface area contributed by atoms with Crippen molar-refractivity contribution in [2.45, 2.75) is 0 Å². The standard InChI is InChI=1S/C57H37N6OPS/c64-65(43-24-11-4-12-25-43)62(41-20-7-2-8-21-41)51-35-33-40(37-52(51)63(65)42-22-9-3-10-23-42)39-32-34-50-48(36-39)44-26-13-15-30-49(44)61(50)57-59-55(38-18-5-1-6-19-38)58-56(60-57)47-29-17-28-46-45-27-14-16-31-53(45)66-54(46)47/h1-37H. The van der Waals surface area contributed by atoms with E-state index >= 15 is 4.57 Å². The van der Waals surface area contributed by atoms with Crippen LogP contribution >= 0.6 is 18.8 Å². The van der Waals surface area contributed by atoms with E-state index in [0.717, 1.165) is 76.8 Å². The van der Waals surface area contributed by atoms with Crippen LogP contribution in [0.3, 0.4) is 0 Å². The molecule has 12 aromatic rings. The van der Waals surface area contributed by atoms with E-state index in [0.29, 0.717) is 17.6 Å². The molecule has 1 unspecified atom stereocenters. The van der Waals surface area contributed by atoms with E-state index in [2.05, 4.69) is 124 Å². The van der Waals surface area contributed by atoms with E-state index in [9.17, 15) is 0 Å². The predicted molar refractivity (Wildman–Crippen MR) is 274 cm³/mol. The van der Waals surface area contributed by atoms with Crippen molar-refractivity contribution >= 4 is 88.8 Å². The third kappa shape index (κ3) is 5.96. The van der Waals surface area contributed by atoms with Crippen LogP contribution in [0.25, 0.3) is 81.8 Å². The van der Waals surface area contributed by atoms with Crippen LogP contribution in [0.5, 0.6) is 0 Å². The van der Waals surface area contributed by atoms with Crippen LogP contribution in [0.2, 0.25) is 0 Å². The molecule has 1 aliphatic heterocycles. The molecule has 0 saturated heterocycles. The lowest BCUT2D eigenvalue weighted by atomic mass is 10.0. The third-order valence-electron chi connectivity index (χ3n) is 12.6. The zero-order chi connectivity index (χ0) is 43.8. The normalized spacial score (nSPS) is 14.7. The van der Waals surface area contributed by atoms with Crippen LogP contribution in [-0.2, 0) is 4.57 Å². The van der Waals surface area contributed by atoms with Crippen molar-refractivity contribution in [1.29, 1.82) is 0 Å². The SMILES string of the molecule is O=P1(c2ccccc2)N(c2ccccc2)c2ccc(-c3ccc4c(c3)c3ccccc3n4-c3nc(-c4ccccc4)nc(-c4cccc5c4sc4ccccc45)n3)cc2N1c1ccccc1. The molecule has 0 aliphatic carbocycles. The molecule has 0 bridgehead atoms. The molecule has 1 atom stereocenters. The lowest BCUT2D eigenvalue weighted by molar-refractivity contribution is 0.582. The van der Waals surface area contributed by atoms with E-state index in [1.165, 1.54) is 15.5 Å². The summed E-state index contributed by atoms with van der Waals surface area (Å²) < 4.78 is 24.9. The Kier molecular flexibility index (Phi) is 8.85. The number of anilines is 4. The summed E-state index contributed by atoms with van der Waals surface area (Å²) in [6.07, 6.45) is 0. The second kappa shape index (κ2) is 15.2. The summed E-state index contributed by atoms with van der Waals surface area (Å²) >= 11 is 1.77. The number of nitrogens with zero attached hydrogens (tertiary/aromatic N) is 6. The minimum atomic E-state index is -3.51. The van der Waals surface area contributed by atoms with Gasteiger partial charge in [0, 0.05) is 53.4 Å². The lowest BCUT2D eigenvalue weighted by Gasteiger charge is -2.33. The highest BCUT2D eigenvalue weighted by atomic mass is 32.1. The average molecular weight is 885 g/mol. The summed E-state index contributed by atoms with van der Waals surface area (Å²) in [6.45, 7) is 0. The van der Waals surface area contributed by atoms with Crippen LogP contribution in [0.4, 0.5) is 22.7 Å². The van der Waals surface area contributed by atoms with Crippen molar-refractivity contribution in [1.82, 2.24) is 19.5 Å². The Balaban J connectivity index is 1.00. The Morgan fingerprint density at radius 2 is 0.985 bits per heavy atom. The zero-order valence-corrected chi connectivity index (χ0v) is 37.0. The van der Waals surface area contributed by atoms with E-state index in [4.69, 9.17) is 15.0 Å². The van der Waals surface area contributed by atoms with Gasteiger partial charge in [-0.05, 0) is 90.0 Å². The first-order valence-corrected chi connectivity index (χ1v) is 24.3. The van der Waals surface area contributed by atoms with Gasteiger partial charge < -0.3 is 0 Å². The molecule has 13 rings (SSSR count). The molecule has 3 aromatic heterocycles. The molecule has 1 aliphatic rings. The van der Waals surface area contributed by atoms with Gasteiger partial charge in [-0.25, -0.2) is 4.98 Å². The number of hydrogen-bond acceptors (Lipinski definition) is 5. The largest absolute Gasteiger partial charge is 0.301 e. The van der Waals surface area contributed by atoms with Gasteiger partial charge in [-0.1, -0.05) is 146 Å². The van der Waals surface area contributed by atoms with Crippen molar-refractivity contribution in [3.8, 4) is 39.9 Å². The van der Waals surface area contributed by atoms with E-state index < -0.39 is 7.44 Å². The summed E-state index contributed by atoms with van der Waals surface area (Å²) in [6, 6.07) is 76.7. The number of hydrogen-bond donors (Lipinski definition) is 0. The molecular formula is C57H37N6OPS. The lowest BCUT2D eigenvalue weighted by Crippen LogP contribution is -2.26. The molecule has 4 heterocycles. The monoisotopic (exact) mass is 884 g/mol. The van der Waals surface area contributed by atoms with Gasteiger partial charge in [0.05, 0.1) is 27.7 Å². The maximum atomic E-state index is 16.2. The number of fused-ring (bicyclic) bond motifs is 7. The van der Waals surface area contributed by atoms with Crippen LogP contribution in [0, 0.1) is 0 Å². The highest BCUT2D eigenvalue weighted by molar-refractivity contribution is 7.76. The average Bonchev–Trinajstić information content (AvgIpc) is 4.02. The molecule has 312 valence electrons. The molecule has 7 nitrogen and oxygen atoms in total. The predicted octanol–water partition coefficient (Wildman–Crippen LogP) is 15.1. The minimum absolute atomic E-state index is 0.546. The van der Waals surface area contributed by atoms with Crippen LogP contribution in [0.15, 0.2) is 224 Å². The summed E-state index contributed by atoms with van der Waals surface area (Å²) in [5.41, 5.74) is 9.37. The fraction of sp³-hybridized carbons (Fsp3) is 0. The van der Waals surface area contributed by atoms with E-state index in [1.54, 1.807) is 11.3 Å². The molecule has 0 fully saturated rings. The van der Waals surface area contributed by atoms with Gasteiger partial charge in [-0.15, -0.1) is 11.3 Å². The maximum absolute atomic E-state index is 16.2. The Bertz CT molecular complexity index is 3880. The first kappa shape index (κ1) is 38.3. The summed E-state index contributed by atoms with van der Waals surface area (Å²) in [4.78, 5) is 15.7. The molecule has 0 spiro atoms. The molecule has 0 N–H and O–H groups in total. The van der Waals surface area contributed by atoms with Gasteiger partial charge in [-0.2, -0.15) is 9.97 Å². The van der Waals surface area contributed by atoms with Crippen molar-refractivity contribution in [2.75, 3.05) is 9.34 Å². The van der Waals surface area contributed by atoms with Crippen molar-refractivity contribution < 1.29 is 4.57 Å².